The van der Waals surface area contributed by atoms with Crippen LogP contribution in [0.4, 0.5) is 11.6 Å². The van der Waals surface area contributed by atoms with Gasteiger partial charge in [-0.1, -0.05) is 0 Å². The fourth-order valence-corrected chi connectivity index (χ4v) is 2.42. The molecule has 2 aromatic heterocycles. The molecule has 0 saturated carbocycles. The summed E-state index contributed by atoms with van der Waals surface area (Å²) >= 11 is 0. The molecule has 2 aromatic rings. The van der Waals surface area contributed by atoms with Gasteiger partial charge >= 0.3 is 0 Å². The van der Waals surface area contributed by atoms with E-state index < -0.39 is 0 Å². The third kappa shape index (κ3) is 2.74. The maximum absolute atomic E-state index is 8.74. The zero-order chi connectivity index (χ0) is 14.7. The first kappa shape index (κ1) is 13.2. The highest BCUT2D eigenvalue weighted by Crippen LogP contribution is 2.19. The van der Waals surface area contributed by atoms with E-state index in [1.54, 1.807) is 12.4 Å². The van der Waals surface area contributed by atoms with Crippen LogP contribution in [0.3, 0.4) is 0 Å². The lowest BCUT2D eigenvalue weighted by Crippen LogP contribution is -2.47. The van der Waals surface area contributed by atoms with Crippen molar-refractivity contribution in [3.63, 3.8) is 0 Å². The molecule has 0 amide bonds. The van der Waals surface area contributed by atoms with Gasteiger partial charge in [-0.3, -0.25) is 0 Å². The summed E-state index contributed by atoms with van der Waals surface area (Å²) in [7, 11) is 0. The fraction of sp³-hybridized carbons (Fsp3) is 0.357. The number of aryl methyl sites for hydroxylation is 1. The minimum Gasteiger partial charge on any atom is -0.353 e. The lowest BCUT2D eigenvalue weighted by molar-refractivity contribution is 0.635. The largest absolute Gasteiger partial charge is 0.353 e. The lowest BCUT2D eigenvalue weighted by Gasteiger charge is -2.36. The summed E-state index contributed by atoms with van der Waals surface area (Å²) in [5.41, 5.74) is 1.43. The van der Waals surface area contributed by atoms with Crippen molar-refractivity contribution in [2.24, 2.45) is 0 Å². The van der Waals surface area contributed by atoms with Gasteiger partial charge in [-0.25, -0.2) is 9.97 Å². The second-order valence-electron chi connectivity index (χ2n) is 4.89. The quantitative estimate of drug-likeness (QED) is 0.804. The maximum Gasteiger partial charge on any atom is 0.163 e. The lowest BCUT2D eigenvalue weighted by atomic mass is 10.2. The van der Waals surface area contributed by atoms with Crippen LogP contribution in [-0.4, -0.2) is 46.3 Å². The topological polar surface area (TPSA) is 81.8 Å². The van der Waals surface area contributed by atoms with Crippen LogP contribution in [0.2, 0.25) is 0 Å². The molecule has 0 atom stereocenters. The molecule has 3 rings (SSSR count). The molecular formula is C14H15N7. The van der Waals surface area contributed by atoms with Crippen LogP contribution in [0.1, 0.15) is 11.3 Å². The van der Waals surface area contributed by atoms with E-state index in [9.17, 15) is 0 Å². The van der Waals surface area contributed by atoms with E-state index in [2.05, 4.69) is 30.0 Å². The fourth-order valence-electron chi connectivity index (χ4n) is 2.42. The summed E-state index contributed by atoms with van der Waals surface area (Å²) in [4.78, 5) is 12.8. The van der Waals surface area contributed by atoms with Gasteiger partial charge in [0.05, 0.1) is 0 Å². The monoisotopic (exact) mass is 281 g/mol. The molecule has 106 valence electrons. The molecule has 1 fully saturated rings. The van der Waals surface area contributed by atoms with E-state index in [4.69, 9.17) is 5.26 Å². The number of nitriles is 1. The number of hydrogen-bond donors (Lipinski definition) is 0. The van der Waals surface area contributed by atoms with Crippen LogP contribution in [-0.2, 0) is 0 Å². The van der Waals surface area contributed by atoms with Gasteiger partial charge < -0.3 is 9.80 Å². The molecule has 1 aliphatic heterocycles. The third-order valence-electron chi connectivity index (χ3n) is 3.54. The average Bonchev–Trinajstić information content (AvgIpc) is 2.56. The van der Waals surface area contributed by atoms with E-state index in [1.165, 1.54) is 0 Å². The minimum atomic E-state index is 0.342. The highest BCUT2D eigenvalue weighted by Gasteiger charge is 2.20. The molecule has 21 heavy (non-hydrogen) atoms. The molecule has 7 nitrogen and oxygen atoms in total. The molecular weight excluding hydrogens is 266 g/mol. The molecule has 0 unspecified atom stereocenters. The van der Waals surface area contributed by atoms with Crippen LogP contribution in [0.15, 0.2) is 24.7 Å². The smallest absolute Gasteiger partial charge is 0.163 e. The normalized spacial score (nSPS) is 14.9. The van der Waals surface area contributed by atoms with Crippen molar-refractivity contribution in [2.75, 3.05) is 36.0 Å². The maximum atomic E-state index is 8.74. The third-order valence-corrected chi connectivity index (χ3v) is 3.54. The van der Waals surface area contributed by atoms with Gasteiger partial charge in [-0.15, -0.1) is 10.2 Å². The Bertz CT molecular complexity index is 654. The van der Waals surface area contributed by atoms with Gasteiger partial charge in [0.15, 0.2) is 11.5 Å². The van der Waals surface area contributed by atoms with Crippen LogP contribution < -0.4 is 9.80 Å². The minimum absolute atomic E-state index is 0.342. The Morgan fingerprint density at radius 1 is 1.10 bits per heavy atom. The Labute approximate surface area is 122 Å². The van der Waals surface area contributed by atoms with Gasteiger partial charge in [0.1, 0.15) is 18.2 Å². The molecule has 0 bridgehead atoms. The molecule has 0 aromatic carbocycles. The molecule has 1 aliphatic rings. The molecule has 7 heteroatoms. The summed E-state index contributed by atoms with van der Waals surface area (Å²) in [6.45, 7) is 5.47. The highest BCUT2D eigenvalue weighted by molar-refractivity contribution is 5.48. The Hall–Kier alpha value is -2.75. The Kier molecular flexibility index (Phi) is 3.60. The number of nitrogens with zero attached hydrogens (tertiary/aromatic N) is 7. The molecule has 0 N–H and O–H groups in total. The Balaban J connectivity index is 1.67. The van der Waals surface area contributed by atoms with Gasteiger partial charge in [-0.05, 0) is 19.1 Å². The van der Waals surface area contributed by atoms with Crippen molar-refractivity contribution in [1.82, 2.24) is 20.2 Å². The van der Waals surface area contributed by atoms with Crippen molar-refractivity contribution < 1.29 is 0 Å². The van der Waals surface area contributed by atoms with Crippen molar-refractivity contribution in [3.8, 4) is 6.07 Å². The van der Waals surface area contributed by atoms with E-state index in [1.807, 2.05) is 25.3 Å². The van der Waals surface area contributed by atoms with Gasteiger partial charge in [0.25, 0.3) is 0 Å². The summed E-state index contributed by atoms with van der Waals surface area (Å²) < 4.78 is 0. The second kappa shape index (κ2) is 5.71. The molecule has 0 radical (unpaired) electrons. The standard InChI is InChI=1S/C14H15N7/c1-11-9-16-10-17-14(11)21-6-4-20(5-7-21)13-3-2-12(8-15)18-19-13/h2-3,9-10H,4-7H2,1H3. The van der Waals surface area contributed by atoms with Gasteiger partial charge in [-0.2, -0.15) is 5.26 Å². The van der Waals surface area contributed by atoms with Gasteiger partial charge in [0.2, 0.25) is 0 Å². The zero-order valence-corrected chi connectivity index (χ0v) is 11.8. The zero-order valence-electron chi connectivity index (χ0n) is 11.8. The number of aromatic nitrogens is 4. The first-order valence-electron chi connectivity index (χ1n) is 6.78. The van der Waals surface area contributed by atoms with Crippen molar-refractivity contribution in [3.05, 3.63) is 35.9 Å². The predicted octanol–water partition coefficient (Wildman–Crippen LogP) is 0.773. The summed E-state index contributed by atoms with van der Waals surface area (Å²) in [6.07, 6.45) is 3.42. The van der Waals surface area contributed by atoms with Crippen LogP contribution in [0, 0.1) is 18.3 Å². The summed E-state index contributed by atoms with van der Waals surface area (Å²) in [5, 5.41) is 16.7. The molecule has 1 saturated heterocycles. The second-order valence-corrected chi connectivity index (χ2v) is 4.89. The molecule has 3 heterocycles. The summed E-state index contributed by atoms with van der Waals surface area (Å²) in [6, 6.07) is 5.52. The van der Waals surface area contributed by atoms with Crippen LogP contribution in [0.25, 0.3) is 0 Å². The van der Waals surface area contributed by atoms with Gasteiger partial charge in [0, 0.05) is 37.9 Å². The summed E-state index contributed by atoms with van der Waals surface area (Å²) in [5.74, 6) is 1.81. The Morgan fingerprint density at radius 2 is 1.86 bits per heavy atom. The predicted molar refractivity (Wildman–Crippen MR) is 77.9 cm³/mol. The van der Waals surface area contributed by atoms with Crippen molar-refractivity contribution in [1.29, 1.82) is 5.26 Å². The Morgan fingerprint density at radius 3 is 2.48 bits per heavy atom. The molecule has 0 aliphatic carbocycles. The highest BCUT2D eigenvalue weighted by atomic mass is 15.3. The first-order chi connectivity index (χ1) is 10.3. The van der Waals surface area contributed by atoms with E-state index >= 15 is 0 Å². The van der Waals surface area contributed by atoms with E-state index in [-0.39, 0.29) is 0 Å². The van der Waals surface area contributed by atoms with E-state index in [0.29, 0.717) is 5.69 Å². The number of piperazine rings is 1. The first-order valence-corrected chi connectivity index (χ1v) is 6.78. The van der Waals surface area contributed by atoms with Crippen LogP contribution in [0.5, 0.6) is 0 Å². The van der Waals surface area contributed by atoms with E-state index in [0.717, 1.165) is 43.4 Å². The number of anilines is 2. The van der Waals surface area contributed by atoms with Crippen molar-refractivity contribution >= 4 is 11.6 Å². The number of hydrogen-bond acceptors (Lipinski definition) is 7. The van der Waals surface area contributed by atoms with Crippen LogP contribution >= 0.6 is 0 Å². The molecule has 0 spiro atoms. The average molecular weight is 281 g/mol. The SMILES string of the molecule is Cc1cncnc1N1CCN(c2ccc(C#N)nn2)CC1. The van der Waals surface area contributed by atoms with Crippen molar-refractivity contribution in [2.45, 2.75) is 6.92 Å². The number of rotatable bonds is 2.